The monoisotopic (exact) mass is 255 g/mol. The fraction of sp³-hybridized carbons (Fsp3) is 1.00. The van der Waals surface area contributed by atoms with E-state index in [-0.39, 0.29) is 17.0 Å². The molecule has 0 bridgehead atoms. The maximum atomic E-state index is 8.56. The van der Waals surface area contributed by atoms with Gasteiger partial charge in [0.2, 0.25) is 0 Å². The van der Waals surface area contributed by atoms with Crippen LogP contribution in [-0.2, 0) is 0 Å². The van der Waals surface area contributed by atoms with E-state index in [0.717, 1.165) is 11.7 Å². The van der Waals surface area contributed by atoms with Crippen molar-refractivity contribution in [2.24, 2.45) is 5.92 Å². The molecule has 0 aliphatic carbocycles. The van der Waals surface area contributed by atoms with Gasteiger partial charge in [-0.05, 0) is 37.6 Å². The van der Waals surface area contributed by atoms with Gasteiger partial charge < -0.3 is 10.4 Å². The Morgan fingerprint density at radius 3 is 2.58 bits per heavy atom. The van der Waals surface area contributed by atoms with Gasteiger partial charge in [-0.3, -0.25) is 0 Å². The zero-order valence-corrected chi connectivity index (χ0v) is 9.82. The molecule has 0 unspecified atom stereocenters. The Bertz CT molecular complexity index is 99.1. The van der Waals surface area contributed by atoms with Crippen LogP contribution in [0.25, 0.3) is 0 Å². The number of aliphatic hydroxyl groups is 1. The van der Waals surface area contributed by atoms with Crippen molar-refractivity contribution in [2.75, 3.05) is 31.2 Å². The predicted octanol–water partition coefficient (Wildman–Crippen LogP) is 1.29. The highest BCUT2D eigenvalue weighted by Gasteiger charge is 2.11. The number of nitrogens with one attached hydrogen (secondary N) is 1. The van der Waals surface area contributed by atoms with Gasteiger partial charge >= 0.3 is 0 Å². The number of aliphatic hydroxyl groups excluding tert-OH is 1. The molecule has 0 saturated carbocycles. The van der Waals surface area contributed by atoms with Gasteiger partial charge in [0.1, 0.15) is 0 Å². The summed E-state index contributed by atoms with van der Waals surface area (Å²) in [5.41, 5.74) is 0. The van der Waals surface area contributed by atoms with Gasteiger partial charge in [-0.1, -0.05) is 0 Å². The number of thioether (sulfide) groups is 1. The van der Waals surface area contributed by atoms with Crippen LogP contribution in [0.4, 0.5) is 0 Å². The molecule has 1 rings (SSSR count). The molecular formula is C8H18BrNOS. The summed E-state index contributed by atoms with van der Waals surface area (Å²) in [4.78, 5) is 0. The molecule has 4 heteroatoms. The fourth-order valence-electron chi connectivity index (χ4n) is 1.36. The Morgan fingerprint density at radius 2 is 2.00 bits per heavy atom. The SMILES string of the molecule is Br.OCCSCC1CCNCC1. The second-order valence-corrected chi connectivity index (χ2v) is 4.14. The van der Waals surface area contributed by atoms with E-state index in [9.17, 15) is 0 Å². The van der Waals surface area contributed by atoms with Crippen LogP contribution >= 0.6 is 28.7 Å². The number of hydrogen-bond donors (Lipinski definition) is 2. The van der Waals surface area contributed by atoms with Crippen molar-refractivity contribution >= 4 is 28.7 Å². The second-order valence-electron chi connectivity index (χ2n) is 2.99. The standard InChI is InChI=1S/C8H17NOS.BrH/c10-5-6-11-7-8-1-3-9-4-2-8;/h8-10H,1-7H2;1H. The lowest BCUT2D eigenvalue weighted by molar-refractivity contribution is 0.322. The third-order valence-corrected chi connectivity index (χ3v) is 3.23. The third kappa shape index (κ3) is 5.41. The van der Waals surface area contributed by atoms with Gasteiger partial charge in [0.05, 0.1) is 6.61 Å². The molecule has 12 heavy (non-hydrogen) atoms. The number of piperidine rings is 1. The van der Waals surface area contributed by atoms with Crippen molar-refractivity contribution in [3.05, 3.63) is 0 Å². The number of rotatable bonds is 4. The van der Waals surface area contributed by atoms with Crippen molar-refractivity contribution in [1.29, 1.82) is 0 Å². The van der Waals surface area contributed by atoms with E-state index in [4.69, 9.17) is 5.11 Å². The largest absolute Gasteiger partial charge is 0.396 e. The molecule has 2 nitrogen and oxygen atoms in total. The van der Waals surface area contributed by atoms with E-state index >= 15 is 0 Å². The van der Waals surface area contributed by atoms with E-state index in [2.05, 4.69) is 5.32 Å². The Hall–Kier alpha value is 0.750. The van der Waals surface area contributed by atoms with E-state index < -0.39 is 0 Å². The van der Waals surface area contributed by atoms with Crippen LogP contribution in [0.15, 0.2) is 0 Å². The van der Waals surface area contributed by atoms with Gasteiger partial charge in [-0.15, -0.1) is 17.0 Å². The van der Waals surface area contributed by atoms with Crippen molar-refractivity contribution in [3.8, 4) is 0 Å². The third-order valence-electron chi connectivity index (χ3n) is 2.05. The van der Waals surface area contributed by atoms with E-state index in [1.807, 2.05) is 11.8 Å². The molecular weight excluding hydrogens is 238 g/mol. The maximum absolute atomic E-state index is 8.56. The molecule has 2 N–H and O–H groups in total. The highest BCUT2D eigenvalue weighted by Crippen LogP contribution is 2.17. The Balaban J connectivity index is 0.00000121. The summed E-state index contributed by atoms with van der Waals surface area (Å²) in [5.74, 6) is 3.04. The van der Waals surface area contributed by atoms with Crippen LogP contribution in [0.2, 0.25) is 0 Å². The van der Waals surface area contributed by atoms with E-state index in [1.54, 1.807) is 0 Å². The van der Waals surface area contributed by atoms with Crippen molar-refractivity contribution in [3.63, 3.8) is 0 Å². The van der Waals surface area contributed by atoms with Gasteiger partial charge in [0, 0.05) is 5.75 Å². The molecule has 1 fully saturated rings. The number of halogens is 1. The molecule has 1 aliphatic heterocycles. The summed E-state index contributed by atoms with van der Waals surface area (Å²) in [7, 11) is 0. The van der Waals surface area contributed by atoms with Crippen LogP contribution < -0.4 is 5.32 Å². The van der Waals surface area contributed by atoms with Crippen LogP contribution in [-0.4, -0.2) is 36.3 Å². The van der Waals surface area contributed by atoms with Gasteiger partial charge in [0.25, 0.3) is 0 Å². The average molecular weight is 256 g/mol. The first-order valence-electron chi connectivity index (χ1n) is 4.33. The first-order chi connectivity index (χ1) is 5.43. The summed E-state index contributed by atoms with van der Waals surface area (Å²) in [6, 6.07) is 0. The minimum atomic E-state index is 0. The van der Waals surface area contributed by atoms with Crippen molar-refractivity contribution < 1.29 is 5.11 Å². The van der Waals surface area contributed by atoms with Gasteiger partial charge in [-0.2, -0.15) is 11.8 Å². The highest BCUT2D eigenvalue weighted by molar-refractivity contribution is 8.93. The molecule has 1 heterocycles. The summed E-state index contributed by atoms with van der Waals surface area (Å²) in [6.45, 7) is 2.70. The van der Waals surface area contributed by atoms with Crippen molar-refractivity contribution in [1.82, 2.24) is 5.32 Å². The highest BCUT2D eigenvalue weighted by atomic mass is 79.9. The zero-order valence-electron chi connectivity index (χ0n) is 7.29. The minimum absolute atomic E-state index is 0. The molecule has 0 aromatic carbocycles. The van der Waals surface area contributed by atoms with Gasteiger partial charge in [0.15, 0.2) is 0 Å². The van der Waals surface area contributed by atoms with Crippen LogP contribution in [0.5, 0.6) is 0 Å². The lowest BCUT2D eigenvalue weighted by Crippen LogP contribution is -2.28. The second kappa shape index (κ2) is 8.35. The molecule has 0 aromatic rings. The fourth-order valence-corrected chi connectivity index (χ4v) is 2.33. The molecule has 0 atom stereocenters. The summed E-state index contributed by atoms with van der Waals surface area (Å²) < 4.78 is 0. The summed E-state index contributed by atoms with van der Waals surface area (Å²) in [6.07, 6.45) is 2.64. The van der Waals surface area contributed by atoms with E-state index in [1.165, 1.54) is 31.7 Å². The van der Waals surface area contributed by atoms with Crippen molar-refractivity contribution in [2.45, 2.75) is 12.8 Å². The van der Waals surface area contributed by atoms with E-state index in [0.29, 0.717) is 6.61 Å². The van der Waals surface area contributed by atoms with Crippen LogP contribution in [0, 0.1) is 5.92 Å². The molecule has 0 radical (unpaired) electrons. The average Bonchev–Trinajstić information content (AvgIpc) is 2.07. The molecule has 0 amide bonds. The minimum Gasteiger partial charge on any atom is -0.396 e. The maximum Gasteiger partial charge on any atom is 0.0521 e. The lowest BCUT2D eigenvalue weighted by Gasteiger charge is -2.21. The normalized spacial score (nSPS) is 18.8. The molecule has 74 valence electrons. The first-order valence-corrected chi connectivity index (χ1v) is 5.48. The molecule has 0 spiro atoms. The Labute approximate surface area is 89.3 Å². The Morgan fingerprint density at radius 1 is 1.33 bits per heavy atom. The lowest BCUT2D eigenvalue weighted by atomic mass is 10.0. The number of hydrogen-bond acceptors (Lipinski definition) is 3. The van der Waals surface area contributed by atoms with Crippen LogP contribution in [0.3, 0.4) is 0 Å². The smallest absolute Gasteiger partial charge is 0.0521 e. The Kier molecular flexibility index (Phi) is 8.87. The molecule has 1 aliphatic rings. The predicted molar refractivity (Wildman–Crippen MR) is 60.3 cm³/mol. The quantitative estimate of drug-likeness (QED) is 0.743. The zero-order chi connectivity index (χ0) is 7.94. The topological polar surface area (TPSA) is 32.3 Å². The first kappa shape index (κ1) is 12.8. The molecule has 0 aromatic heterocycles. The molecule has 1 saturated heterocycles. The van der Waals surface area contributed by atoms with Crippen LogP contribution in [0.1, 0.15) is 12.8 Å². The van der Waals surface area contributed by atoms with Gasteiger partial charge in [-0.25, -0.2) is 0 Å². The summed E-state index contributed by atoms with van der Waals surface area (Å²) in [5, 5.41) is 11.9. The summed E-state index contributed by atoms with van der Waals surface area (Å²) >= 11 is 1.88.